The number of esters is 1. The van der Waals surface area contributed by atoms with Crippen molar-refractivity contribution in [2.75, 3.05) is 0 Å². The van der Waals surface area contributed by atoms with Gasteiger partial charge in [-0.05, 0) is 31.9 Å². The van der Waals surface area contributed by atoms with Gasteiger partial charge in [0, 0.05) is 11.1 Å². The van der Waals surface area contributed by atoms with E-state index >= 15 is 0 Å². The van der Waals surface area contributed by atoms with E-state index in [9.17, 15) is 14.7 Å². The summed E-state index contributed by atoms with van der Waals surface area (Å²) in [6.45, 7) is 8.51. The zero-order valence-electron chi connectivity index (χ0n) is 11.8. The SMILES string of the molecule is C=C(C)C(=O)Oc1c(O)cc(C(=O)O)c(C)c1CCC. The average molecular weight is 278 g/mol. The summed E-state index contributed by atoms with van der Waals surface area (Å²) in [7, 11) is 0. The van der Waals surface area contributed by atoms with Gasteiger partial charge in [-0.15, -0.1) is 0 Å². The average Bonchev–Trinajstić information content (AvgIpc) is 2.36. The van der Waals surface area contributed by atoms with Crippen LogP contribution in [0.2, 0.25) is 0 Å². The van der Waals surface area contributed by atoms with E-state index < -0.39 is 11.9 Å². The molecule has 0 spiro atoms. The molecule has 0 unspecified atom stereocenters. The van der Waals surface area contributed by atoms with E-state index in [1.807, 2.05) is 6.92 Å². The van der Waals surface area contributed by atoms with E-state index in [0.717, 1.165) is 12.5 Å². The van der Waals surface area contributed by atoms with Crippen LogP contribution in [0.5, 0.6) is 11.5 Å². The third-order valence-corrected chi connectivity index (χ3v) is 2.92. The number of hydrogen-bond acceptors (Lipinski definition) is 4. The van der Waals surface area contributed by atoms with Crippen LogP contribution in [0.1, 0.15) is 41.8 Å². The van der Waals surface area contributed by atoms with Crippen molar-refractivity contribution in [1.29, 1.82) is 0 Å². The molecule has 0 aromatic heterocycles. The van der Waals surface area contributed by atoms with Gasteiger partial charge in [-0.1, -0.05) is 19.9 Å². The first-order chi connectivity index (χ1) is 9.29. The summed E-state index contributed by atoms with van der Waals surface area (Å²) in [5, 5.41) is 19.0. The number of ether oxygens (including phenoxy) is 1. The molecular formula is C15H18O5. The maximum absolute atomic E-state index is 11.6. The van der Waals surface area contributed by atoms with Crippen molar-refractivity contribution < 1.29 is 24.5 Å². The number of carboxylic acids is 1. The normalized spacial score (nSPS) is 10.2. The molecule has 108 valence electrons. The Kier molecular flexibility index (Phi) is 4.91. The van der Waals surface area contributed by atoms with Gasteiger partial charge >= 0.3 is 11.9 Å². The third kappa shape index (κ3) is 3.17. The van der Waals surface area contributed by atoms with Gasteiger partial charge in [0.05, 0.1) is 5.56 Å². The molecule has 0 radical (unpaired) electrons. The lowest BCUT2D eigenvalue weighted by Crippen LogP contribution is -2.12. The molecule has 0 aliphatic carbocycles. The van der Waals surface area contributed by atoms with Crippen LogP contribution in [0.25, 0.3) is 0 Å². The first kappa shape index (κ1) is 15.8. The minimum atomic E-state index is -1.13. The van der Waals surface area contributed by atoms with Crippen LogP contribution in [0.15, 0.2) is 18.2 Å². The summed E-state index contributed by atoms with van der Waals surface area (Å²) in [4.78, 5) is 22.7. The second-order valence-electron chi connectivity index (χ2n) is 4.60. The van der Waals surface area contributed by atoms with Crippen LogP contribution in [-0.2, 0) is 11.2 Å². The number of carboxylic acid groups (broad SMARTS) is 1. The number of aromatic carboxylic acids is 1. The van der Waals surface area contributed by atoms with Crippen molar-refractivity contribution in [3.63, 3.8) is 0 Å². The van der Waals surface area contributed by atoms with E-state index in [4.69, 9.17) is 9.84 Å². The van der Waals surface area contributed by atoms with Crippen molar-refractivity contribution in [3.8, 4) is 11.5 Å². The van der Waals surface area contributed by atoms with Gasteiger partial charge in [0.15, 0.2) is 11.5 Å². The molecule has 0 aliphatic rings. The Morgan fingerprint density at radius 1 is 1.40 bits per heavy atom. The lowest BCUT2D eigenvalue weighted by atomic mass is 9.97. The monoisotopic (exact) mass is 278 g/mol. The Labute approximate surface area is 117 Å². The highest BCUT2D eigenvalue weighted by molar-refractivity contribution is 5.92. The van der Waals surface area contributed by atoms with Crippen molar-refractivity contribution >= 4 is 11.9 Å². The third-order valence-electron chi connectivity index (χ3n) is 2.92. The minimum Gasteiger partial charge on any atom is -0.504 e. The van der Waals surface area contributed by atoms with Gasteiger partial charge in [0.2, 0.25) is 0 Å². The Balaban J connectivity index is 3.42. The van der Waals surface area contributed by atoms with Gasteiger partial charge < -0.3 is 14.9 Å². The van der Waals surface area contributed by atoms with Gasteiger partial charge in [-0.3, -0.25) is 0 Å². The van der Waals surface area contributed by atoms with E-state index in [-0.39, 0.29) is 22.6 Å². The summed E-state index contributed by atoms with van der Waals surface area (Å²) in [5.41, 5.74) is 1.22. The standard InChI is InChI=1S/C15H18O5/c1-5-6-10-9(4)11(14(17)18)7-12(16)13(10)20-15(19)8(2)3/h7,16H,2,5-6H2,1,3-4H3,(H,17,18). The quantitative estimate of drug-likeness (QED) is 0.491. The lowest BCUT2D eigenvalue weighted by Gasteiger charge is -2.16. The Morgan fingerprint density at radius 2 is 2.00 bits per heavy atom. The van der Waals surface area contributed by atoms with Crippen LogP contribution in [0.4, 0.5) is 0 Å². The summed E-state index contributed by atoms with van der Waals surface area (Å²) < 4.78 is 5.12. The highest BCUT2D eigenvalue weighted by Gasteiger charge is 2.21. The fraction of sp³-hybridized carbons (Fsp3) is 0.333. The largest absolute Gasteiger partial charge is 0.504 e. The molecular weight excluding hydrogens is 260 g/mol. The van der Waals surface area contributed by atoms with Crippen molar-refractivity contribution in [2.45, 2.75) is 33.6 Å². The highest BCUT2D eigenvalue weighted by atomic mass is 16.5. The maximum Gasteiger partial charge on any atom is 0.338 e. The predicted octanol–water partition coefficient (Wildman–Crippen LogP) is 2.83. The van der Waals surface area contributed by atoms with E-state index in [0.29, 0.717) is 17.5 Å². The zero-order valence-corrected chi connectivity index (χ0v) is 11.8. The Morgan fingerprint density at radius 3 is 2.45 bits per heavy atom. The van der Waals surface area contributed by atoms with E-state index in [2.05, 4.69) is 6.58 Å². The topological polar surface area (TPSA) is 83.8 Å². The minimum absolute atomic E-state index is 0.000994. The number of phenols is 1. The molecule has 0 saturated heterocycles. The molecule has 20 heavy (non-hydrogen) atoms. The molecule has 5 nitrogen and oxygen atoms in total. The second kappa shape index (κ2) is 6.23. The van der Waals surface area contributed by atoms with Gasteiger partial charge in [0.1, 0.15) is 0 Å². The summed E-state index contributed by atoms with van der Waals surface area (Å²) in [6, 6.07) is 1.10. The number of benzene rings is 1. The predicted molar refractivity (Wildman–Crippen MR) is 74.2 cm³/mol. The van der Waals surface area contributed by atoms with Crippen molar-refractivity contribution in [1.82, 2.24) is 0 Å². The summed E-state index contributed by atoms with van der Waals surface area (Å²) >= 11 is 0. The van der Waals surface area contributed by atoms with Crippen LogP contribution < -0.4 is 4.74 Å². The lowest BCUT2D eigenvalue weighted by molar-refractivity contribution is -0.130. The molecule has 0 saturated carbocycles. The molecule has 2 N–H and O–H groups in total. The van der Waals surface area contributed by atoms with Crippen LogP contribution in [0, 0.1) is 6.92 Å². The number of hydrogen-bond donors (Lipinski definition) is 2. The number of phenolic OH excluding ortho intramolecular Hbond substituents is 1. The van der Waals surface area contributed by atoms with Gasteiger partial charge in [-0.25, -0.2) is 9.59 Å². The molecule has 0 atom stereocenters. The smallest absolute Gasteiger partial charge is 0.338 e. The molecule has 0 heterocycles. The van der Waals surface area contributed by atoms with Gasteiger partial charge in [0.25, 0.3) is 0 Å². The zero-order chi connectivity index (χ0) is 15.4. The maximum atomic E-state index is 11.6. The molecule has 5 heteroatoms. The van der Waals surface area contributed by atoms with Crippen LogP contribution >= 0.6 is 0 Å². The van der Waals surface area contributed by atoms with Crippen molar-refractivity contribution in [3.05, 3.63) is 34.9 Å². The number of carbonyl (C=O) groups is 2. The van der Waals surface area contributed by atoms with Gasteiger partial charge in [-0.2, -0.15) is 0 Å². The molecule has 0 aliphatic heterocycles. The van der Waals surface area contributed by atoms with E-state index in [1.54, 1.807) is 6.92 Å². The fourth-order valence-electron chi connectivity index (χ4n) is 1.86. The summed E-state index contributed by atoms with van der Waals surface area (Å²) in [6.07, 6.45) is 1.22. The molecule has 1 rings (SSSR count). The highest BCUT2D eigenvalue weighted by Crippen LogP contribution is 2.36. The molecule has 1 aromatic rings. The Bertz CT molecular complexity index is 572. The number of carbonyl (C=O) groups excluding carboxylic acids is 1. The summed E-state index contributed by atoms with van der Waals surface area (Å²) in [5.74, 6) is -2.12. The Hall–Kier alpha value is -2.30. The molecule has 1 aromatic carbocycles. The second-order valence-corrected chi connectivity index (χ2v) is 4.60. The molecule has 0 fully saturated rings. The number of rotatable bonds is 5. The van der Waals surface area contributed by atoms with Crippen LogP contribution in [-0.4, -0.2) is 22.2 Å². The van der Waals surface area contributed by atoms with Crippen molar-refractivity contribution in [2.24, 2.45) is 0 Å². The first-order valence-electron chi connectivity index (χ1n) is 6.26. The number of aromatic hydroxyl groups is 1. The molecule has 0 amide bonds. The van der Waals surface area contributed by atoms with E-state index in [1.165, 1.54) is 6.92 Å². The first-order valence-corrected chi connectivity index (χ1v) is 6.26. The van der Waals surface area contributed by atoms with Crippen LogP contribution in [0.3, 0.4) is 0 Å². The fourth-order valence-corrected chi connectivity index (χ4v) is 1.86. The molecule has 0 bridgehead atoms.